The van der Waals surface area contributed by atoms with Crippen molar-refractivity contribution in [3.63, 3.8) is 0 Å². The van der Waals surface area contributed by atoms with E-state index in [1.54, 1.807) is 4.90 Å². The summed E-state index contributed by atoms with van der Waals surface area (Å²) in [6.07, 6.45) is -3.78. The molecule has 1 saturated heterocycles. The fourth-order valence-corrected chi connectivity index (χ4v) is 2.63. The Morgan fingerprint density at radius 1 is 1.27 bits per heavy atom. The molecule has 1 aliphatic rings. The lowest BCUT2D eigenvalue weighted by molar-refractivity contribution is -0.142. The summed E-state index contributed by atoms with van der Waals surface area (Å²) < 4.78 is 39.3. The second-order valence-corrected chi connectivity index (χ2v) is 5.82. The van der Waals surface area contributed by atoms with Gasteiger partial charge >= 0.3 is 6.18 Å². The van der Waals surface area contributed by atoms with Crippen LogP contribution >= 0.6 is 11.6 Å². The Morgan fingerprint density at radius 3 is 2.55 bits per heavy atom. The SMILES string of the molecule is Cc1c(Cl)c(C(F)(F)F)nn1CC(=O)N1CCCN(C)CC1. The molecule has 0 aromatic carbocycles. The zero-order valence-electron chi connectivity index (χ0n) is 12.5. The zero-order valence-corrected chi connectivity index (χ0v) is 13.2. The van der Waals surface area contributed by atoms with Crippen LogP contribution < -0.4 is 0 Å². The molecular weight excluding hydrogens is 321 g/mol. The van der Waals surface area contributed by atoms with Gasteiger partial charge in [0.05, 0.1) is 10.7 Å². The number of hydrogen-bond acceptors (Lipinski definition) is 3. The molecule has 0 spiro atoms. The molecule has 0 saturated carbocycles. The summed E-state index contributed by atoms with van der Waals surface area (Å²) >= 11 is 5.68. The molecule has 0 unspecified atom stereocenters. The average molecular weight is 339 g/mol. The largest absolute Gasteiger partial charge is 0.436 e. The van der Waals surface area contributed by atoms with E-state index in [0.717, 1.165) is 24.2 Å². The molecule has 2 heterocycles. The topological polar surface area (TPSA) is 41.4 Å². The number of alkyl halides is 3. The van der Waals surface area contributed by atoms with Gasteiger partial charge in [-0.05, 0) is 26.9 Å². The molecule has 0 N–H and O–H groups in total. The number of rotatable bonds is 2. The Balaban J connectivity index is 2.12. The third kappa shape index (κ3) is 3.73. The Hall–Kier alpha value is -1.28. The van der Waals surface area contributed by atoms with E-state index in [9.17, 15) is 18.0 Å². The van der Waals surface area contributed by atoms with E-state index < -0.39 is 16.9 Å². The van der Waals surface area contributed by atoms with Crippen molar-refractivity contribution in [2.45, 2.75) is 26.1 Å². The quantitative estimate of drug-likeness (QED) is 0.828. The maximum absolute atomic E-state index is 12.8. The average Bonchev–Trinajstić information content (AvgIpc) is 2.62. The van der Waals surface area contributed by atoms with E-state index in [-0.39, 0.29) is 18.1 Å². The zero-order chi connectivity index (χ0) is 16.5. The maximum Gasteiger partial charge on any atom is 0.436 e. The van der Waals surface area contributed by atoms with Gasteiger partial charge in [-0.25, -0.2) is 0 Å². The van der Waals surface area contributed by atoms with Crippen LogP contribution in [0.5, 0.6) is 0 Å². The third-order valence-corrected chi connectivity index (χ3v) is 4.21. The van der Waals surface area contributed by atoms with E-state index in [2.05, 4.69) is 10.00 Å². The highest BCUT2D eigenvalue weighted by atomic mass is 35.5. The number of likely N-dealkylation sites (N-methyl/N-ethyl adjacent to an activating group) is 1. The lowest BCUT2D eigenvalue weighted by Gasteiger charge is -2.20. The fraction of sp³-hybridized carbons (Fsp3) is 0.692. The van der Waals surface area contributed by atoms with Gasteiger partial charge < -0.3 is 9.80 Å². The molecule has 1 aromatic heterocycles. The molecule has 5 nitrogen and oxygen atoms in total. The number of carbonyl (C=O) groups is 1. The van der Waals surface area contributed by atoms with Crippen LogP contribution in [0.4, 0.5) is 13.2 Å². The normalized spacial score (nSPS) is 17.6. The number of carbonyl (C=O) groups excluding carboxylic acids is 1. The van der Waals surface area contributed by atoms with E-state index >= 15 is 0 Å². The summed E-state index contributed by atoms with van der Waals surface area (Å²) in [6, 6.07) is 0. The second-order valence-electron chi connectivity index (χ2n) is 5.44. The lowest BCUT2D eigenvalue weighted by atomic mass is 10.3. The van der Waals surface area contributed by atoms with Crippen molar-refractivity contribution in [1.82, 2.24) is 19.6 Å². The van der Waals surface area contributed by atoms with E-state index in [0.29, 0.717) is 13.1 Å². The third-order valence-electron chi connectivity index (χ3n) is 3.76. The van der Waals surface area contributed by atoms with Crippen LogP contribution in [-0.2, 0) is 17.5 Å². The van der Waals surface area contributed by atoms with Gasteiger partial charge in [0.15, 0.2) is 5.69 Å². The highest BCUT2D eigenvalue weighted by molar-refractivity contribution is 6.32. The van der Waals surface area contributed by atoms with E-state index in [1.807, 2.05) is 7.05 Å². The first-order valence-corrected chi connectivity index (χ1v) is 7.34. The van der Waals surface area contributed by atoms with Crippen LogP contribution in [0.1, 0.15) is 17.8 Å². The molecule has 22 heavy (non-hydrogen) atoms. The smallest absolute Gasteiger partial charge is 0.340 e. The molecular formula is C13H18ClF3N4O. The Kier molecular flexibility index (Phi) is 5.01. The molecule has 124 valence electrons. The predicted molar refractivity (Wildman–Crippen MR) is 75.7 cm³/mol. The van der Waals surface area contributed by atoms with Gasteiger partial charge in [-0.15, -0.1) is 0 Å². The van der Waals surface area contributed by atoms with Crippen molar-refractivity contribution in [3.05, 3.63) is 16.4 Å². The van der Waals surface area contributed by atoms with Crippen molar-refractivity contribution in [3.8, 4) is 0 Å². The van der Waals surface area contributed by atoms with Gasteiger partial charge in [0.2, 0.25) is 5.91 Å². The summed E-state index contributed by atoms with van der Waals surface area (Å²) in [5.74, 6) is -0.244. The van der Waals surface area contributed by atoms with Gasteiger partial charge in [0.25, 0.3) is 0 Å². The van der Waals surface area contributed by atoms with Gasteiger partial charge in [-0.2, -0.15) is 18.3 Å². The summed E-state index contributed by atoms with van der Waals surface area (Å²) in [7, 11) is 1.97. The van der Waals surface area contributed by atoms with Gasteiger partial charge in [-0.1, -0.05) is 11.6 Å². The minimum absolute atomic E-state index is 0.147. The minimum atomic E-state index is -4.62. The van der Waals surface area contributed by atoms with Crippen LogP contribution in [0.2, 0.25) is 5.02 Å². The monoisotopic (exact) mass is 338 g/mol. The Labute approximate surface area is 131 Å². The van der Waals surface area contributed by atoms with Crippen LogP contribution in [0.25, 0.3) is 0 Å². The molecule has 1 fully saturated rings. The Bertz CT molecular complexity index is 558. The maximum atomic E-state index is 12.8. The predicted octanol–water partition coefficient (Wildman–Crippen LogP) is 2.03. The van der Waals surface area contributed by atoms with Crippen molar-refractivity contribution in [1.29, 1.82) is 0 Å². The summed E-state index contributed by atoms with van der Waals surface area (Å²) in [5, 5.41) is 3.01. The molecule has 2 rings (SSSR count). The fourth-order valence-electron chi connectivity index (χ4n) is 2.38. The molecule has 0 bridgehead atoms. The highest BCUT2D eigenvalue weighted by Crippen LogP contribution is 2.35. The molecule has 9 heteroatoms. The first-order valence-electron chi connectivity index (χ1n) is 6.96. The lowest BCUT2D eigenvalue weighted by Crippen LogP contribution is -2.37. The standard InChI is InChI=1S/C13H18ClF3N4O/c1-9-11(14)12(13(15,16)17)18-21(9)8-10(22)20-5-3-4-19(2)6-7-20/h3-8H2,1-2H3. The summed E-state index contributed by atoms with van der Waals surface area (Å²) in [5.41, 5.74) is -0.996. The van der Waals surface area contributed by atoms with Gasteiger partial charge in [-0.3, -0.25) is 9.48 Å². The van der Waals surface area contributed by atoms with Crippen molar-refractivity contribution in [2.24, 2.45) is 0 Å². The first-order chi connectivity index (χ1) is 10.2. The van der Waals surface area contributed by atoms with E-state index in [1.165, 1.54) is 6.92 Å². The molecule has 1 aromatic rings. The molecule has 0 atom stereocenters. The molecule has 1 amide bonds. The first kappa shape index (κ1) is 17.1. The van der Waals surface area contributed by atoms with Crippen molar-refractivity contribution < 1.29 is 18.0 Å². The van der Waals surface area contributed by atoms with Crippen LogP contribution in [-0.4, -0.2) is 58.7 Å². The number of nitrogens with zero attached hydrogens (tertiary/aromatic N) is 4. The van der Waals surface area contributed by atoms with Crippen LogP contribution in [0.3, 0.4) is 0 Å². The minimum Gasteiger partial charge on any atom is -0.340 e. The van der Waals surface area contributed by atoms with Gasteiger partial charge in [0, 0.05) is 19.6 Å². The van der Waals surface area contributed by atoms with Crippen LogP contribution in [0.15, 0.2) is 0 Å². The van der Waals surface area contributed by atoms with Crippen LogP contribution in [0, 0.1) is 6.92 Å². The summed E-state index contributed by atoms with van der Waals surface area (Å²) in [4.78, 5) is 16.0. The number of halogens is 4. The number of aromatic nitrogens is 2. The Morgan fingerprint density at radius 2 is 1.95 bits per heavy atom. The van der Waals surface area contributed by atoms with Crippen molar-refractivity contribution in [2.75, 3.05) is 33.2 Å². The second kappa shape index (κ2) is 6.45. The number of amides is 1. The van der Waals surface area contributed by atoms with Gasteiger partial charge in [0.1, 0.15) is 6.54 Å². The molecule has 0 radical (unpaired) electrons. The highest BCUT2D eigenvalue weighted by Gasteiger charge is 2.38. The van der Waals surface area contributed by atoms with Crippen molar-refractivity contribution >= 4 is 17.5 Å². The molecule has 1 aliphatic heterocycles. The number of hydrogen-bond donors (Lipinski definition) is 0. The summed E-state index contributed by atoms with van der Waals surface area (Å²) in [6.45, 7) is 4.01. The molecule has 0 aliphatic carbocycles. The van der Waals surface area contributed by atoms with E-state index in [4.69, 9.17) is 11.6 Å².